The molecule has 268 valence electrons. The normalized spacial score (nSPS) is 13.6. The fourth-order valence-electron chi connectivity index (χ4n) is 5.70. The number of rotatable bonds is 35. The Morgan fingerprint density at radius 3 is 1.46 bits per heavy atom. The first-order valence-electron chi connectivity index (χ1n) is 19.9. The first-order valence-corrected chi connectivity index (χ1v) is 19.9. The number of aliphatic hydroxyl groups excluding tert-OH is 2. The van der Waals surface area contributed by atoms with E-state index in [1.54, 1.807) is 6.08 Å². The molecule has 4 nitrogen and oxygen atoms in total. The molecule has 0 saturated carbocycles. The van der Waals surface area contributed by atoms with Gasteiger partial charge in [-0.05, 0) is 57.8 Å². The number of hydrogen-bond donors (Lipinski definition) is 3. The standard InChI is InChI=1S/C42H77NO3/c1-3-5-7-9-11-12-13-14-15-16-17-18-19-20-21-22-23-24-25-26-27-28-29-30-32-34-36-38-42(46)43-40(39-44)41(45)37-35-33-31-10-8-6-4-2/h8,10,13-14,16-17,35,37,40-41,44-45H,3-7,9,11-12,15,18-34,36,38-39H2,1-2H3,(H,43,46)/b10-8+,14-13-,17-16-,37-35+. The second-order valence-corrected chi connectivity index (χ2v) is 13.3. The zero-order valence-electron chi connectivity index (χ0n) is 30.6. The molecule has 4 heteroatoms. The highest BCUT2D eigenvalue weighted by Crippen LogP contribution is 2.14. The Morgan fingerprint density at radius 1 is 0.522 bits per heavy atom. The van der Waals surface area contributed by atoms with Crippen LogP contribution in [-0.4, -0.2) is 34.9 Å². The molecule has 0 bridgehead atoms. The first kappa shape index (κ1) is 44.4. The van der Waals surface area contributed by atoms with Crippen LogP contribution in [0.4, 0.5) is 0 Å². The Balaban J connectivity index is 3.46. The van der Waals surface area contributed by atoms with Gasteiger partial charge in [0.2, 0.25) is 5.91 Å². The van der Waals surface area contributed by atoms with Crippen LogP contribution in [0.3, 0.4) is 0 Å². The minimum absolute atomic E-state index is 0.0800. The highest BCUT2D eigenvalue weighted by molar-refractivity contribution is 5.76. The minimum atomic E-state index is -0.858. The number of carbonyl (C=O) groups is 1. The molecule has 0 aromatic rings. The lowest BCUT2D eigenvalue weighted by Crippen LogP contribution is -2.45. The van der Waals surface area contributed by atoms with Crippen LogP contribution in [0.25, 0.3) is 0 Å². The van der Waals surface area contributed by atoms with Crippen molar-refractivity contribution >= 4 is 5.91 Å². The molecule has 0 saturated heterocycles. The van der Waals surface area contributed by atoms with Crippen molar-refractivity contribution in [3.63, 3.8) is 0 Å². The predicted molar refractivity (Wildman–Crippen MR) is 202 cm³/mol. The molecule has 0 aromatic carbocycles. The number of aliphatic hydroxyl groups is 2. The van der Waals surface area contributed by atoms with Crippen molar-refractivity contribution in [3.8, 4) is 0 Å². The number of amides is 1. The van der Waals surface area contributed by atoms with Gasteiger partial charge in [0.25, 0.3) is 0 Å². The van der Waals surface area contributed by atoms with Crippen LogP contribution in [-0.2, 0) is 4.79 Å². The Morgan fingerprint density at radius 2 is 0.957 bits per heavy atom. The third-order valence-electron chi connectivity index (χ3n) is 8.77. The van der Waals surface area contributed by atoms with Gasteiger partial charge in [0, 0.05) is 6.42 Å². The maximum Gasteiger partial charge on any atom is 0.220 e. The summed E-state index contributed by atoms with van der Waals surface area (Å²) >= 11 is 0. The lowest BCUT2D eigenvalue weighted by atomic mass is 10.0. The number of hydrogen-bond acceptors (Lipinski definition) is 3. The molecule has 0 aliphatic rings. The van der Waals surface area contributed by atoms with Gasteiger partial charge in [0.15, 0.2) is 0 Å². The van der Waals surface area contributed by atoms with Gasteiger partial charge in [-0.1, -0.05) is 178 Å². The molecule has 1 amide bonds. The second-order valence-electron chi connectivity index (χ2n) is 13.3. The molecule has 0 fully saturated rings. The first-order chi connectivity index (χ1) is 22.7. The third kappa shape index (κ3) is 33.7. The Hall–Kier alpha value is -1.65. The maximum absolute atomic E-state index is 12.3. The van der Waals surface area contributed by atoms with Gasteiger partial charge in [-0.2, -0.15) is 0 Å². The minimum Gasteiger partial charge on any atom is -0.394 e. The van der Waals surface area contributed by atoms with Crippen LogP contribution >= 0.6 is 0 Å². The largest absolute Gasteiger partial charge is 0.394 e. The zero-order valence-corrected chi connectivity index (χ0v) is 30.6. The van der Waals surface area contributed by atoms with Gasteiger partial charge in [0.1, 0.15) is 0 Å². The summed E-state index contributed by atoms with van der Waals surface area (Å²) in [5.74, 6) is -0.0800. The summed E-state index contributed by atoms with van der Waals surface area (Å²) in [5.41, 5.74) is 0. The van der Waals surface area contributed by atoms with Crippen LogP contribution in [0.15, 0.2) is 48.6 Å². The number of carbonyl (C=O) groups excluding carboxylic acids is 1. The van der Waals surface area contributed by atoms with Crippen LogP contribution < -0.4 is 5.32 Å². The third-order valence-corrected chi connectivity index (χ3v) is 8.77. The average molecular weight is 644 g/mol. The van der Waals surface area contributed by atoms with Crippen LogP contribution in [0.1, 0.15) is 194 Å². The molecule has 0 spiro atoms. The molecule has 0 rings (SSSR count). The fourth-order valence-corrected chi connectivity index (χ4v) is 5.70. The molecule has 0 aromatic heterocycles. The molecule has 2 atom stereocenters. The van der Waals surface area contributed by atoms with E-state index in [2.05, 4.69) is 55.6 Å². The second kappa shape index (κ2) is 37.8. The van der Waals surface area contributed by atoms with Crippen molar-refractivity contribution in [2.24, 2.45) is 0 Å². The van der Waals surface area contributed by atoms with Crippen molar-refractivity contribution in [1.82, 2.24) is 5.32 Å². The van der Waals surface area contributed by atoms with Gasteiger partial charge in [-0.25, -0.2) is 0 Å². The summed E-state index contributed by atoms with van der Waals surface area (Å²) in [5, 5.41) is 22.7. The van der Waals surface area contributed by atoms with Gasteiger partial charge < -0.3 is 15.5 Å². The molecule has 0 aliphatic heterocycles. The monoisotopic (exact) mass is 644 g/mol. The predicted octanol–water partition coefficient (Wildman–Crippen LogP) is 12.0. The van der Waals surface area contributed by atoms with Crippen molar-refractivity contribution < 1.29 is 15.0 Å². The molecular weight excluding hydrogens is 566 g/mol. The molecule has 0 radical (unpaired) electrons. The zero-order chi connectivity index (χ0) is 33.6. The Bertz CT molecular complexity index is 741. The van der Waals surface area contributed by atoms with E-state index in [1.165, 1.54) is 128 Å². The van der Waals surface area contributed by atoms with E-state index in [4.69, 9.17) is 0 Å². The van der Waals surface area contributed by atoms with Gasteiger partial charge in [-0.15, -0.1) is 0 Å². The lowest BCUT2D eigenvalue weighted by Gasteiger charge is -2.19. The van der Waals surface area contributed by atoms with E-state index in [-0.39, 0.29) is 12.5 Å². The maximum atomic E-state index is 12.3. The molecular formula is C42H77NO3. The van der Waals surface area contributed by atoms with Crippen molar-refractivity contribution in [3.05, 3.63) is 48.6 Å². The molecule has 0 heterocycles. The lowest BCUT2D eigenvalue weighted by molar-refractivity contribution is -0.123. The fraction of sp³-hybridized carbons (Fsp3) is 0.786. The van der Waals surface area contributed by atoms with E-state index in [0.717, 1.165) is 44.9 Å². The van der Waals surface area contributed by atoms with Gasteiger partial charge in [-0.3, -0.25) is 4.79 Å². The Kier molecular flexibility index (Phi) is 36.4. The highest BCUT2D eigenvalue weighted by Gasteiger charge is 2.17. The Labute approximate surface area is 286 Å². The molecule has 3 N–H and O–H groups in total. The van der Waals surface area contributed by atoms with E-state index in [0.29, 0.717) is 6.42 Å². The van der Waals surface area contributed by atoms with E-state index >= 15 is 0 Å². The summed E-state index contributed by atoms with van der Waals surface area (Å²) in [4.78, 5) is 12.3. The van der Waals surface area contributed by atoms with Crippen LogP contribution in [0.5, 0.6) is 0 Å². The number of allylic oxidation sites excluding steroid dienone is 7. The summed E-state index contributed by atoms with van der Waals surface area (Å²) in [6, 6.07) is -0.635. The molecule has 2 unspecified atom stereocenters. The number of nitrogens with one attached hydrogen (secondary N) is 1. The summed E-state index contributed by atoms with van der Waals surface area (Å²) in [6.45, 7) is 4.17. The smallest absolute Gasteiger partial charge is 0.220 e. The van der Waals surface area contributed by atoms with Crippen LogP contribution in [0, 0.1) is 0 Å². The number of unbranched alkanes of at least 4 members (excludes halogenated alkanes) is 22. The SMILES string of the molecule is CCC/C=C/CC/C=C/C(O)C(CO)NC(=O)CCCCCCCCCCCCCCCCC/C=C\C/C=C\CCCCCCC. The topological polar surface area (TPSA) is 69.6 Å². The summed E-state index contributed by atoms with van der Waals surface area (Å²) in [6.07, 6.45) is 50.9. The van der Waals surface area contributed by atoms with E-state index < -0.39 is 12.1 Å². The van der Waals surface area contributed by atoms with E-state index in [1.807, 2.05) is 6.08 Å². The van der Waals surface area contributed by atoms with Crippen LogP contribution in [0.2, 0.25) is 0 Å². The van der Waals surface area contributed by atoms with Crippen molar-refractivity contribution in [1.29, 1.82) is 0 Å². The molecule has 0 aliphatic carbocycles. The van der Waals surface area contributed by atoms with Crippen molar-refractivity contribution in [2.75, 3.05) is 6.61 Å². The van der Waals surface area contributed by atoms with E-state index in [9.17, 15) is 15.0 Å². The van der Waals surface area contributed by atoms with Gasteiger partial charge in [0.05, 0.1) is 18.8 Å². The van der Waals surface area contributed by atoms with Crippen molar-refractivity contribution in [2.45, 2.75) is 206 Å². The average Bonchev–Trinajstić information content (AvgIpc) is 3.06. The molecule has 46 heavy (non-hydrogen) atoms. The summed E-state index contributed by atoms with van der Waals surface area (Å²) in [7, 11) is 0. The highest BCUT2D eigenvalue weighted by atomic mass is 16.3. The summed E-state index contributed by atoms with van der Waals surface area (Å²) < 4.78 is 0. The quantitative estimate of drug-likeness (QED) is 0.0475. The van der Waals surface area contributed by atoms with Gasteiger partial charge >= 0.3 is 0 Å².